The van der Waals surface area contributed by atoms with E-state index in [1.807, 2.05) is 30.3 Å². The van der Waals surface area contributed by atoms with Gasteiger partial charge in [0.15, 0.2) is 5.96 Å². The molecule has 0 amide bonds. The first kappa shape index (κ1) is 17.2. The molecule has 112 valence electrons. The van der Waals surface area contributed by atoms with Crippen molar-refractivity contribution in [2.45, 2.75) is 12.8 Å². The molecule has 1 unspecified atom stereocenters. The molecule has 0 spiro atoms. The van der Waals surface area contributed by atoms with Crippen LogP contribution in [0.2, 0.25) is 0 Å². The summed E-state index contributed by atoms with van der Waals surface area (Å²) in [5.41, 5.74) is 6.74. The van der Waals surface area contributed by atoms with Gasteiger partial charge in [-0.1, -0.05) is 18.2 Å². The van der Waals surface area contributed by atoms with Crippen LogP contribution in [0.5, 0.6) is 0 Å². The molecular formula is C14H22IN3O2. The van der Waals surface area contributed by atoms with Crippen LogP contribution >= 0.6 is 24.0 Å². The summed E-state index contributed by atoms with van der Waals surface area (Å²) in [5, 5.41) is 12.2. The highest BCUT2D eigenvalue weighted by Gasteiger charge is 2.34. The molecule has 1 aliphatic heterocycles. The molecule has 1 aliphatic rings. The third-order valence-corrected chi connectivity index (χ3v) is 3.46. The Morgan fingerprint density at radius 3 is 2.75 bits per heavy atom. The number of aliphatic imine (C=N–C) groups is 1. The smallest absolute Gasteiger partial charge is 0.193 e. The minimum atomic E-state index is -0.0578. The molecule has 1 fully saturated rings. The molecule has 5 nitrogen and oxygen atoms in total. The zero-order chi connectivity index (χ0) is 13.6. The van der Waals surface area contributed by atoms with Crippen molar-refractivity contribution in [1.29, 1.82) is 0 Å². The Labute approximate surface area is 136 Å². The molecule has 1 aromatic carbocycles. The molecule has 0 bridgehead atoms. The van der Waals surface area contributed by atoms with Gasteiger partial charge in [-0.25, -0.2) is 0 Å². The van der Waals surface area contributed by atoms with Crippen molar-refractivity contribution in [3.63, 3.8) is 0 Å². The number of aliphatic hydroxyl groups is 1. The van der Waals surface area contributed by atoms with Gasteiger partial charge in [-0.2, -0.15) is 0 Å². The number of hydrogen-bond donors (Lipinski definition) is 3. The van der Waals surface area contributed by atoms with Gasteiger partial charge in [-0.05, 0) is 25.0 Å². The average Bonchev–Trinajstić information content (AvgIpc) is 2.87. The lowest BCUT2D eigenvalue weighted by Gasteiger charge is -2.24. The summed E-state index contributed by atoms with van der Waals surface area (Å²) in [4.78, 5) is 4.38. The number of hydrogen-bond acceptors (Lipinski definition) is 3. The van der Waals surface area contributed by atoms with Crippen LogP contribution in [0.25, 0.3) is 0 Å². The van der Waals surface area contributed by atoms with Gasteiger partial charge in [0, 0.05) is 24.3 Å². The topological polar surface area (TPSA) is 79.9 Å². The van der Waals surface area contributed by atoms with Crippen molar-refractivity contribution in [2.24, 2.45) is 16.1 Å². The number of ether oxygens (including phenoxy) is 1. The molecule has 2 rings (SSSR count). The number of para-hydroxylation sites is 1. The summed E-state index contributed by atoms with van der Waals surface area (Å²) in [6.07, 6.45) is 1.63. The first-order chi connectivity index (χ1) is 9.24. The van der Waals surface area contributed by atoms with E-state index >= 15 is 0 Å². The summed E-state index contributed by atoms with van der Waals surface area (Å²) in [7, 11) is 0. The van der Waals surface area contributed by atoms with Crippen molar-refractivity contribution < 1.29 is 9.84 Å². The fourth-order valence-electron chi connectivity index (χ4n) is 2.25. The summed E-state index contributed by atoms with van der Waals surface area (Å²) in [6.45, 7) is 2.13. The van der Waals surface area contributed by atoms with E-state index in [1.54, 1.807) is 0 Å². The number of nitrogens with two attached hydrogens (primary N) is 1. The van der Waals surface area contributed by atoms with Crippen molar-refractivity contribution in [3.8, 4) is 0 Å². The zero-order valence-corrected chi connectivity index (χ0v) is 13.7. The summed E-state index contributed by atoms with van der Waals surface area (Å²) in [6, 6.07) is 9.70. The van der Waals surface area contributed by atoms with Gasteiger partial charge in [0.25, 0.3) is 0 Å². The van der Waals surface area contributed by atoms with Crippen LogP contribution < -0.4 is 11.1 Å². The number of rotatable bonds is 5. The van der Waals surface area contributed by atoms with E-state index in [0.717, 1.165) is 18.7 Å². The monoisotopic (exact) mass is 391 g/mol. The van der Waals surface area contributed by atoms with Crippen LogP contribution in [0.15, 0.2) is 35.3 Å². The standard InChI is InChI=1S/C14H21N3O2.HI/c15-13(17-12-4-2-1-3-5-12)16-10-14(6-8-18)7-9-19-11-14;/h1-5,18H,6-11H2,(H3,15,16,17);1H. The molecule has 6 heteroatoms. The zero-order valence-electron chi connectivity index (χ0n) is 11.4. The van der Waals surface area contributed by atoms with Gasteiger partial charge in [0.05, 0.1) is 13.2 Å². The number of nitrogens with zero attached hydrogens (tertiary/aromatic N) is 1. The minimum Gasteiger partial charge on any atom is -0.396 e. The molecule has 1 aromatic rings. The Bertz CT molecular complexity index is 420. The molecule has 4 N–H and O–H groups in total. The highest BCUT2D eigenvalue weighted by Crippen LogP contribution is 2.32. The number of aliphatic hydroxyl groups excluding tert-OH is 1. The third kappa shape index (κ3) is 4.92. The van der Waals surface area contributed by atoms with E-state index in [-0.39, 0.29) is 36.0 Å². The van der Waals surface area contributed by atoms with Crippen molar-refractivity contribution >= 4 is 35.6 Å². The molecular weight excluding hydrogens is 369 g/mol. The largest absolute Gasteiger partial charge is 0.396 e. The highest BCUT2D eigenvalue weighted by molar-refractivity contribution is 14.0. The number of halogens is 1. The van der Waals surface area contributed by atoms with Crippen LogP contribution in [0, 0.1) is 5.41 Å². The van der Waals surface area contributed by atoms with E-state index in [0.29, 0.717) is 25.5 Å². The molecule has 0 saturated carbocycles. The normalized spacial score (nSPS) is 22.4. The molecule has 1 heterocycles. The Kier molecular flexibility index (Phi) is 7.25. The second kappa shape index (κ2) is 8.43. The van der Waals surface area contributed by atoms with Crippen LogP contribution in [0.4, 0.5) is 5.69 Å². The van der Waals surface area contributed by atoms with Gasteiger partial charge in [-0.15, -0.1) is 24.0 Å². The van der Waals surface area contributed by atoms with Gasteiger partial charge in [-0.3, -0.25) is 4.99 Å². The summed E-state index contributed by atoms with van der Waals surface area (Å²) in [5.74, 6) is 0.399. The molecule has 1 atom stereocenters. The fraction of sp³-hybridized carbons (Fsp3) is 0.500. The first-order valence-electron chi connectivity index (χ1n) is 6.55. The minimum absolute atomic E-state index is 0. The van der Waals surface area contributed by atoms with E-state index in [1.165, 1.54) is 0 Å². The SMILES string of the molecule is I.NC(=NCC1(CCO)CCOC1)Nc1ccccc1. The van der Waals surface area contributed by atoms with E-state index in [2.05, 4.69) is 10.3 Å². The Balaban J connectivity index is 0.00000200. The molecule has 0 radical (unpaired) electrons. The molecule has 0 aromatic heterocycles. The molecule has 1 saturated heterocycles. The molecule has 0 aliphatic carbocycles. The summed E-state index contributed by atoms with van der Waals surface area (Å²) < 4.78 is 5.42. The predicted octanol–water partition coefficient (Wildman–Crippen LogP) is 1.82. The number of anilines is 1. The average molecular weight is 391 g/mol. The van der Waals surface area contributed by atoms with Crippen LogP contribution in [0.1, 0.15) is 12.8 Å². The quantitative estimate of drug-likeness (QED) is 0.407. The van der Waals surface area contributed by atoms with Gasteiger partial charge >= 0.3 is 0 Å². The number of nitrogens with one attached hydrogen (secondary N) is 1. The molecule has 20 heavy (non-hydrogen) atoms. The predicted molar refractivity (Wildman–Crippen MR) is 91.5 cm³/mol. The van der Waals surface area contributed by atoms with Crippen molar-refractivity contribution in [1.82, 2.24) is 0 Å². The highest BCUT2D eigenvalue weighted by atomic mass is 127. The maximum absolute atomic E-state index is 9.14. The summed E-state index contributed by atoms with van der Waals surface area (Å²) >= 11 is 0. The van der Waals surface area contributed by atoms with E-state index in [9.17, 15) is 0 Å². The fourth-order valence-corrected chi connectivity index (χ4v) is 2.25. The van der Waals surface area contributed by atoms with Crippen LogP contribution in [-0.2, 0) is 4.74 Å². The maximum atomic E-state index is 9.14. The first-order valence-corrected chi connectivity index (χ1v) is 6.55. The number of benzene rings is 1. The van der Waals surface area contributed by atoms with Crippen LogP contribution in [0.3, 0.4) is 0 Å². The third-order valence-electron chi connectivity index (χ3n) is 3.46. The Morgan fingerprint density at radius 1 is 1.40 bits per heavy atom. The lowest BCUT2D eigenvalue weighted by molar-refractivity contribution is 0.131. The Hall–Kier alpha value is -0.860. The lowest BCUT2D eigenvalue weighted by atomic mass is 9.84. The van der Waals surface area contributed by atoms with E-state index < -0.39 is 0 Å². The van der Waals surface area contributed by atoms with Crippen LogP contribution in [-0.4, -0.2) is 37.4 Å². The van der Waals surface area contributed by atoms with E-state index in [4.69, 9.17) is 15.6 Å². The lowest BCUT2D eigenvalue weighted by Crippen LogP contribution is -2.30. The van der Waals surface area contributed by atoms with Gasteiger partial charge in [0.1, 0.15) is 0 Å². The maximum Gasteiger partial charge on any atom is 0.193 e. The second-order valence-electron chi connectivity index (χ2n) is 4.97. The number of guanidine groups is 1. The van der Waals surface area contributed by atoms with Crippen molar-refractivity contribution in [2.75, 3.05) is 31.7 Å². The van der Waals surface area contributed by atoms with Crippen molar-refractivity contribution in [3.05, 3.63) is 30.3 Å². The second-order valence-corrected chi connectivity index (χ2v) is 4.97. The Morgan fingerprint density at radius 2 is 2.15 bits per heavy atom. The van der Waals surface area contributed by atoms with Gasteiger partial charge in [0.2, 0.25) is 0 Å². The van der Waals surface area contributed by atoms with Gasteiger partial charge < -0.3 is 20.9 Å².